The molecule has 0 amide bonds. The van der Waals surface area contributed by atoms with Crippen molar-refractivity contribution < 1.29 is 8.42 Å². The summed E-state index contributed by atoms with van der Waals surface area (Å²) in [5.41, 5.74) is 0.850. The van der Waals surface area contributed by atoms with E-state index in [1.807, 2.05) is 19.1 Å². The molecule has 0 aromatic heterocycles. The summed E-state index contributed by atoms with van der Waals surface area (Å²) in [7, 11) is -3.11. The van der Waals surface area contributed by atoms with Crippen molar-refractivity contribution in [3.63, 3.8) is 0 Å². The Labute approximate surface area is 110 Å². The zero-order valence-electron chi connectivity index (χ0n) is 10.9. The van der Waals surface area contributed by atoms with Crippen LogP contribution in [0, 0.1) is 12.8 Å². The van der Waals surface area contributed by atoms with E-state index in [4.69, 9.17) is 0 Å². The Morgan fingerprint density at radius 2 is 1.89 bits per heavy atom. The van der Waals surface area contributed by atoms with Crippen molar-refractivity contribution in [3.05, 3.63) is 29.8 Å². The molecule has 1 N–H and O–H groups in total. The lowest BCUT2D eigenvalue weighted by molar-refractivity contribution is 0.365. The number of nitrogens with one attached hydrogen (secondary N) is 1. The Morgan fingerprint density at radius 1 is 1.22 bits per heavy atom. The van der Waals surface area contributed by atoms with Crippen LogP contribution in [0.5, 0.6) is 0 Å². The molecule has 0 saturated carbocycles. The van der Waals surface area contributed by atoms with Crippen LogP contribution in [0.4, 0.5) is 0 Å². The van der Waals surface area contributed by atoms with Crippen LogP contribution in [0.25, 0.3) is 0 Å². The van der Waals surface area contributed by atoms with Crippen LogP contribution in [-0.4, -0.2) is 27.3 Å². The summed E-state index contributed by atoms with van der Waals surface area (Å²) in [6.45, 7) is 3.90. The van der Waals surface area contributed by atoms with Crippen molar-refractivity contribution >= 4 is 9.84 Å². The summed E-state index contributed by atoms with van der Waals surface area (Å²) in [6.07, 6.45) is 2.99. The molecule has 1 heterocycles. The van der Waals surface area contributed by atoms with Gasteiger partial charge in [-0.3, -0.25) is 0 Å². The molecule has 0 radical (unpaired) electrons. The van der Waals surface area contributed by atoms with E-state index >= 15 is 0 Å². The van der Waals surface area contributed by atoms with Gasteiger partial charge in [-0.25, -0.2) is 8.42 Å². The number of aryl methyl sites for hydroxylation is 1. The van der Waals surface area contributed by atoms with Crippen LogP contribution >= 0.6 is 0 Å². The van der Waals surface area contributed by atoms with Crippen LogP contribution in [0.1, 0.15) is 24.8 Å². The van der Waals surface area contributed by atoms with Gasteiger partial charge in [0, 0.05) is 0 Å². The molecule has 0 unspecified atom stereocenters. The number of rotatable bonds is 4. The van der Waals surface area contributed by atoms with Gasteiger partial charge < -0.3 is 5.32 Å². The smallest absolute Gasteiger partial charge is 0.178 e. The first-order chi connectivity index (χ1) is 8.59. The van der Waals surface area contributed by atoms with Crippen LogP contribution < -0.4 is 5.32 Å². The Bertz CT molecular complexity index is 490. The predicted octanol–water partition coefficient (Wildman–Crippen LogP) is 2.16. The molecule has 0 aliphatic carbocycles. The van der Waals surface area contributed by atoms with Crippen molar-refractivity contribution in [1.29, 1.82) is 0 Å². The third kappa shape index (κ3) is 3.33. The van der Waals surface area contributed by atoms with Gasteiger partial charge in [-0.05, 0) is 56.8 Å². The fourth-order valence-electron chi connectivity index (χ4n) is 2.51. The molecule has 0 atom stereocenters. The Morgan fingerprint density at radius 3 is 2.56 bits per heavy atom. The molecule has 1 saturated heterocycles. The molecular formula is C14H21NO2S. The molecular weight excluding hydrogens is 246 g/mol. The maximum atomic E-state index is 12.3. The van der Waals surface area contributed by atoms with Gasteiger partial charge in [0.15, 0.2) is 9.84 Å². The molecule has 1 aliphatic rings. The van der Waals surface area contributed by atoms with Gasteiger partial charge in [0.05, 0.1) is 10.6 Å². The van der Waals surface area contributed by atoms with Crippen molar-refractivity contribution in [2.75, 3.05) is 18.8 Å². The van der Waals surface area contributed by atoms with Crippen molar-refractivity contribution in [2.24, 2.45) is 5.92 Å². The lowest BCUT2D eigenvalue weighted by atomic mass is 9.96. The van der Waals surface area contributed by atoms with E-state index in [-0.39, 0.29) is 5.75 Å². The third-order valence-electron chi connectivity index (χ3n) is 3.68. The average Bonchev–Trinajstić information content (AvgIpc) is 2.38. The molecule has 1 aromatic rings. The molecule has 1 aliphatic heterocycles. The number of hydrogen-bond donors (Lipinski definition) is 1. The zero-order chi connectivity index (χ0) is 13.0. The summed E-state index contributed by atoms with van der Waals surface area (Å²) in [5.74, 6) is 0.841. The first kappa shape index (κ1) is 13.6. The minimum absolute atomic E-state index is 0.280. The standard InChI is InChI=1S/C14H21NO2S/c1-12-4-2-3-5-14(12)18(16,17)11-8-13-6-9-15-10-7-13/h2-5,13,15H,6-11H2,1H3. The molecule has 0 bridgehead atoms. The molecule has 2 rings (SSSR count). The van der Waals surface area contributed by atoms with Gasteiger partial charge in [0.2, 0.25) is 0 Å². The van der Waals surface area contributed by atoms with E-state index in [1.165, 1.54) is 0 Å². The van der Waals surface area contributed by atoms with Crippen LogP contribution in [-0.2, 0) is 9.84 Å². The summed E-state index contributed by atoms with van der Waals surface area (Å²) in [5, 5.41) is 3.30. The number of benzene rings is 1. The monoisotopic (exact) mass is 267 g/mol. The van der Waals surface area contributed by atoms with Gasteiger partial charge in [-0.15, -0.1) is 0 Å². The summed E-state index contributed by atoms with van der Waals surface area (Å²) < 4.78 is 24.6. The van der Waals surface area contributed by atoms with Gasteiger partial charge >= 0.3 is 0 Å². The topological polar surface area (TPSA) is 46.2 Å². The SMILES string of the molecule is Cc1ccccc1S(=O)(=O)CCC1CCNCC1. The molecule has 0 spiro atoms. The number of hydrogen-bond acceptors (Lipinski definition) is 3. The number of piperidine rings is 1. The van der Waals surface area contributed by atoms with Gasteiger partial charge in [-0.2, -0.15) is 0 Å². The molecule has 1 aromatic carbocycles. The summed E-state index contributed by atoms with van der Waals surface area (Å²) >= 11 is 0. The minimum atomic E-state index is -3.11. The van der Waals surface area contributed by atoms with E-state index in [0.29, 0.717) is 10.8 Å². The molecule has 18 heavy (non-hydrogen) atoms. The summed E-state index contributed by atoms with van der Waals surface area (Å²) in [6, 6.07) is 7.25. The van der Waals surface area contributed by atoms with Crippen LogP contribution in [0.3, 0.4) is 0 Å². The average molecular weight is 267 g/mol. The number of sulfone groups is 1. The van der Waals surface area contributed by atoms with E-state index < -0.39 is 9.84 Å². The van der Waals surface area contributed by atoms with E-state index in [2.05, 4.69) is 5.32 Å². The van der Waals surface area contributed by atoms with E-state index in [1.54, 1.807) is 12.1 Å². The quantitative estimate of drug-likeness (QED) is 0.909. The molecule has 4 heteroatoms. The zero-order valence-corrected chi connectivity index (χ0v) is 11.7. The highest BCUT2D eigenvalue weighted by atomic mass is 32.2. The largest absolute Gasteiger partial charge is 0.317 e. The van der Waals surface area contributed by atoms with Gasteiger partial charge in [-0.1, -0.05) is 18.2 Å². The highest BCUT2D eigenvalue weighted by molar-refractivity contribution is 7.91. The lowest BCUT2D eigenvalue weighted by Gasteiger charge is -2.22. The highest BCUT2D eigenvalue weighted by Crippen LogP contribution is 2.21. The maximum absolute atomic E-state index is 12.3. The second kappa shape index (κ2) is 5.85. The summed E-state index contributed by atoms with van der Waals surface area (Å²) in [4.78, 5) is 0.499. The fourth-order valence-corrected chi connectivity index (χ4v) is 4.22. The van der Waals surface area contributed by atoms with Gasteiger partial charge in [0.25, 0.3) is 0 Å². The van der Waals surface area contributed by atoms with Crippen LogP contribution in [0.2, 0.25) is 0 Å². The Kier molecular flexibility index (Phi) is 4.40. The minimum Gasteiger partial charge on any atom is -0.317 e. The molecule has 3 nitrogen and oxygen atoms in total. The second-order valence-corrected chi connectivity index (χ2v) is 7.14. The van der Waals surface area contributed by atoms with Crippen LogP contribution in [0.15, 0.2) is 29.2 Å². The van der Waals surface area contributed by atoms with E-state index in [0.717, 1.165) is 37.9 Å². The first-order valence-corrected chi connectivity index (χ1v) is 8.24. The first-order valence-electron chi connectivity index (χ1n) is 6.59. The fraction of sp³-hybridized carbons (Fsp3) is 0.571. The lowest BCUT2D eigenvalue weighted by Crippen LogP contribution is -2.28. The maximum Gasteiger partial charge on any atom is 0.178 e. The van der Waals surface area contributed by atoms with Crippen molar-refractivity contribution in [1.82, 2.24) is 5.32 Å². The predicted molar refractivity (Wildman–Crippen MR) is 73.4 cm³/mol. The third-order valence-corrected chi connectivity index (χ3v) is 5.58. The normalized spacial score (nSPS) is 17.8. The van der Waals surface area contributed by atoms with Crippen molar-refractivity contribution in [3.8, 4) is 0 Å². The highest BCUT2D eigenvalue weighted by Gasteiger charge is 2.20. The Balaban J connectivity index is 2.01. The van der Waals surface area contributed by atoms with Gasteiger partial charge in [0.1, 0.15) is 0 Å². The Hall–Kier alpha value is -0.870. The molecule has 100 valence electrons. The second-order valence-electron chi connectivity index (χ2n) is 5.07. The molecule has 1 fully saturated rings. The van der Waals surface area contributed by atoms with Crippen molar-refractivity contribution in [2.45, 2.75) is 31.1 Å². The van der Waals surface area contributed by atoms with E-state index in [9.17, 15) is 8.42 Å².